The van der Waals surface area contributed by atoms with Crippen LogP contribution >= 0.6 is 11.3 Å². The molecular weight excluding hydrogens is 282 g/mol. The van der Waals surface area contributed by atoms with Crippen molar-refractivity contribution in [1.82, 2.24) is 0 Å². The first-order valence-electron chi connectivity index (χ1n) is 6.50. The van der Waals surface area contributed by atoms with Crippen LogP contribution in [0.15, 0.2) is 72.1 Å². The van der Waals surface area contributed by atoms with Gasteiger partial charge in [-0.05, 0) is 29.6 Å². The van der Waals surface area contributed by atoms with Crippen molar-refractivity contribution in [3.05, 3.63) is 72.1 Å². The predicted octanol–water partition coefficient (Wildman–Crippen LogP) is 5.03. The van der Waals surface area contributed by atoms with Crippen molar-refractivity contribution in [3.8, 4) is 16.2 Å². The fourth-order valence-electron chi connectivity index (χ4n) is 1.97. The SMILES string of the molecule is O=C(Nc1ccccc1-c1cccs1)Oc1ccccc1. The lowest BCUT2D eigenvalue weighted by Gasteiger charge is -2.10. The van der Waals surface area contributed by atoms with E-state index in [1.807, 2.05) is 60.0 Å². The Hall–Kier alpha value is -2.59. The van der Waals surface area contributed by atoms with Crippen molar-refractivity contribution >= 4 is 23.1 Å². The van der Waals surface area contributed by atoms with Gasteiger partial charge in [0, 0.05) is 10.4 Å². The van der Waals surface area contributed by atoms with Crippen LogP contribution in [0, 0.1) is 0 Å². The maximum atomic E-state index is 12.0. The maximum absolute atomic E-state index is 12.0. The number of amides is 1. The van der Waals surface area contributed by atoms with Crippen molar-refractivity contribution in [1.29, 1.82) is 0 Å². The molecule has 0 bridgehead atoms. The zero-order valence-electron chi connectivity index (χ0n) is 11.2. The van der Waals surface area contributed by atoms with Gasteiger partial charge in [-0.25, -0.2) is 4.79 Å². The number of nitrogens with one attached hydrogen (secondary N) is 1. The summed E-state index contributed by atoms with van der Waals surface area (Å²) in [5, 5.41) is 4.80. The van der Waals surface area contributed by atoms with Gasteiger partial charge in [-0.15, -0.1) is 11.3 Å². The van der Waals surface area contributed by atoms with E-state index in [1.165, 1.54) is 0 Å². The number of carbonyl (C=O) groups excluding carboxylic acids is 1. The summed E-state index contributed by atoms with van der Waals surface area (Å²) in [5.41, 5.74) is 1.72. The van der Waals surface area contributed by atoms with Crippen LogP contribution < -0.4 is 10.1 Å². The van der Waals surface area contributed by atoms with E-state index >= 15 is 0 Å². The number of benzene rings is 2. The minimum Gasteiger partial charge on any atom is -0.410 e. The molecule has 0 aliphatic heterocycles. The van der Waals surface area contributed by atoms with Crippen LogP contribution in [0.3, 0.4) is 0 Å². The van der Waals surface area contributed by atoms with Gasteiger partial charge < -0.3 is 4.74 Å². The number of para-hydroxylation sites is 2. The van der Waals surface area contributed by atoms with E-state index in [-0.39, 0.29) is 0 Å². The van der Waals surface area contributed by atoms with Crippen molar-refractivity contribution in [3.63, 3.8) is 0 Å². The molecule has 4 heteroatoms. The number of hydrogen-bond donors (Lipinski definition) is 1. The summed E-state index contributed by atoms with van der Waals surface area (Å²) in [6, 6.07) is 20.7. The monoisotopic (exact) mass is 295 g/mol. The molecule has 3 rings (SSSR count). The molecule has 3 aromatic rings. The van der Waals surface area contributed by atoms with E-state index in [4.69, 9.17) is 4.74 Å². The van der Waals surface area contributed by atoms with Gasteiger partial charge in [0.05, 0.1) is 5.69 Å². The van der Waals surface area contributed by atoms with Crippen molar-refractivity contribution in [2.75, 3.05) is 5.32 Å². The highest BCUT2D eigenvalue weighted by molar-refractivity contribution is 7.13. The van der Waals surface area contributed by atoms with Crippen LogP contribution in [0.5, 0.6) is 5.75 Å². The van der Waals surface area contributed by atoms with Crippen molar-refractivity contribution < 1.29 is 9.53 Å². The molecule has 1 aromatic heterocycles. The Morgan fingerprint density at radius 3 is 2.43 bits per heavy atom. The predicted molar refractivity (Wildman–Crippen MR) is 85.8 cm³/mol. The molecule has 0 atom stereocenters. The summed E-state index contributed by atoms with van der Waals surface area (Å²) in [4.78, 5) is 13.1. The molecule has 0 aliphatic rings. The number of anilines is 1. The number of hydrogen-bond acceptors (Lipinski definition) is 3. The summed E-state index contributed by atoms with van der Waals surface area (Å²) in [6.45, 7) is 0. The smallest absolute Gasteiger partial charge is 0.410 e. The van der Waals surface area contributed by atoms with Gasteiger partial charge in [-0.1, -0.05) is 42.5 Å². The van der Waals surface area contributed by atoms with Gasteiger partial charge in [0.25, 0.3) is 0 Å². The third kappa shape index (κ3) is 3.30. The summed E-state index contributed by atoms with van der Waals surface area (Å²) in [5.74, 6) is 0.517. The number of thiophene rings is 1. The minimum absolute atomic E-state index is 0.495. The van der Waals surface area contributed by atoms with Gasteiger partial charge in [0.1, 0.15) is 5.75 Å². The highest BCUT2D eigenvalue weighted by Gasteiger charge is 2.10. The molecular formula is C17H13NO2S. The molecule has 0 saturated carbocycles. The van der Waals surface area contributed by atoms with E-state index in [2.05, 4.69) is 5.32 Å². The van der Waals surface area contributed by atoms with Gasteiger partial charge in [-0.2, -0.15) is 0 Å². The first-order valence-corrected chi connectivity index (χ1v) is 7.38. The van der Waals surface area contributed by atoms with Gasteiger partial charge in [-0.3, -0.25) is 5.32 Å². The molecule has 0 fully saturated rings. The molecule has 0 radical (unpaired) electrons. The van der Waals surface area contributed by atoms with Crippen LogP contribution in [0.1, 0.15) is 0 Å². The molecule has 21 heavy (non-hydrogen) atoms. The first-order chi connectivity index (χ1) is 10.3. The Morgan fingerprint density at radius 1 is 0.905 bits per heavy atom. The lowest BCUT2D eigenvalue weighted by Crippen LogP contribution is -2.17. The normalized spacial score (nSPS) is 10.1. The minimum atomic E-state index is -0.495. The molecule has 0 spiro atoms. The van der Waals surface area contributed by atoms with Crippen LogP contribution in [0.25, 0.3) is 10.4 Å². The molecule has 0 saturated heterocycles. The van der Waals surface area contributed by atoms with Crippen LogP contribution in [-0.2, 0) is 0 Å². The van der Waals surface area contributed by atoms with E-state index in [0.717, 1.165) is 16.1 Å². The van der Waals surface area contributed by atoms with Gasteiger partial charge in [0.15, 0.2) is 0 Å². The number of ether oxygens (including phenoxy) is 1. The third-order valence-corrected chi connectivity index (χ3v) is 3.81. The molecule has 0 unspecified atom stereocenters. The topological polar surface area (TPSA) is 38.3 Å². The Bertz CT molecular complexity index is 724. The van der Waals surface area contributed by atoms with E-state index < -0.39 is 6.09 Å². The summed E-state index contributed by atoms with van der Waals surface area (Å²) >= 11 is 1.63. The Morgan fingerprint density at radius 2 is 1.67 bits per heavy atom. The average molecular weight is 295 g/mol. The lowest BCUT2D eigenvalue weighted by atomic mass is 10.1. The third-order valence-electron chi connectivity index (χ3n) is 2.90. The Kier molecular flexibility index (Phi) is 3.98. The first kappa shape index (κ1) is 13.4. The van der Waals surface area contributed by atoms with Crippen LogP contribution in [0.2, 0.25) is 0 Å². The molecule has 3 nitrogen and oxygen atoms in total. The molecule has 0 aliphatic carbocycles. The second-order valence-electron chi connectivity index (χ2n) is 4.35. The summed E-state index contributed by atoms with van der Waals surface area (Å²) in [7, 11) is 0. The molecule has 2 aromatic carbocycles. The quantitative estimate of drug-likeness (QED) is 0.736. The van der Waals surface area contributed by atoms with Crippen molar-refractivity contribution in [2.45, 2.75) is 0 Å². The zero-order valence-corrected chi connectivity index (χ0v) is 12.0. The second-order valence-corrected chi connectivity index (χ2v) is 5.30. The number of carbonyl (C=O) groups is 1. The maximum Gasteiger partial charge on any atom is 0.417 e. The Balaban J connectivity index is 1.78. The Labute approximate surface area is 126 Å². The molecule has 1 N–H and O–H groups in total. The largest absolute Gasteiger partial charge is 0.417 e. The van der Waals surface area contributed by atoms with Gasteiger partial charge in [0.2, 0.25) is 0 Å². The lowest BCUT2D eigenvalue weighted by molar-refractivity contribution is 0.215. The van der Waals surface area contributed by atoms with Crippen LogP contribution in [-0.4, -0.2) is 6.09 Å². The fourth-order valence-corrected chi connectivity index (χ4v) is 2.74. The average Bonchev–Trinajstić information content (AvgIpc) is 3.03. The van der Waals surface area contributed by atoms with Crippen LogP contribution in [0.4, 0.5) is 10.5 Å². The van der Waals surface area contributed by atoms with Gasteiger partial charge >= 0.3 is 6.09 Å². The summed E-state index contributed by atoms with van der Waals surface area (Å²) < 4.78 is 5.24. The number of rotatable bonds is 3. The highest BCUT2D eigenvalue weighted by Crippen LogP contribution is 2.31. The molecule has 104 valence electrons. The van der Waals surface area contributed by atoms with Crippen molar-refractivity contribution in [2.24, 2.45) is 0 Å². The zero-order chi connectivity index (χ0) is 14.5. The van der Waals surface area contributed by atoms with E-state index in [9.17, 15) is 4.79 Å². The highest BCUT2D eigenvalue weighted by atomic mass is 32.1. The summed E-state index contributed by atoms with van der Waals surface area (Å²) in [6.07, 6.45) is -0.495. The second kappa shape index (κ2) is 6.24. The fraction of sp³-hybridized carbons (Fsp3) is 0. The molecule has 1 heterocycles. The molecule has 1 amide bonds. The standard InChI is InChI=1S/C17H13NO2S/c19-17(20-13-7-2-1-3-8-13)18-15-10-5-4-9-14(15)16-11-6-12-21-16/h1-12H,(H,18,19). The van der Waals surface area contributed by atoms with E-state index in [1.54, 1.807) is 23.5 Å². The van der Waals surface area contributed by atoms with E-state index in [0.29, 0.717) is 5.75 Å².